The molecule has 0 unspecified atom stereocenters. The lowest BCUT2D eigenvalue weighted by Gasteiger charge is -2.11. The van der Waals surface area contributed by atoms with Crippen LogP contribution < -0.4 is 5.73 Å². The number of ether oxygens (including phenoxy) is 1. The van der Waals surface area contributed by atoms with Crippen molar-refractivity contribution < 1.29 is 13.9 Å². The molecule has 2 N–H and O–H groups in total. The lowest BCUT2D eigenvalue weighted by atomic mass is 10.1. The molecule has 2 aromatic rings. The second kappa shape index (κ2) is 4.48. The van der Waals surface area contributed by atoms with Gasteiger partial charge in [0.1, 0.15) is 11.6 Å². The van der Waals surface area contributed by atoms with Gasteiger partial charge in [0.15, 0.2) is 0 Å². The van der Waals surface area contributed by atoms with Crippen molar-refractivity contribution in [3.05, 3.63) is 41.7 Å². The minimum absolute atomic E-state index is 0.158. The smallest absolute Gasteiger partial charge is 0.340 e. The van der Waals surface area contributed by atoms with Crippen LogP contribution in [0.5, 0.6) is 0 Å². The molecule has 0 aliphatic carbocycles. The number of nitrogen functional groups attached to an aromatic ring is 1. The van der Waals surface area contributed by atoms with Crippen LogP contribution in [0.4, 0.5) is 10.1 Å². The van der Waals surface area contributed by atoms with Gasteiger partial charge >= 0.3 is 5.97 Å². The van der Waals surface area contributed by atoms with Crippen LogP contribution in [0, 0.1) is 12.7 Å². The van der Waals surface area contributed by atoms with Crippen LogP contribution in [-0.4, -0.2) is 22.6 Å². The van der Waals surface area contributed by atoms with Gasteiger partial charge in [0, 0.05) is 12.4 Å². The van der Waals surface area contributed by atoms with Crippen molar-refractivity contribution in [2.45, 2.75) is 6.92 Å². The van der Waals surface area contributed by atoms with E-state index in [4.69, 9.17) is 5.73 Å². The average Bonchev–Trinajstić information content (AvgIpc) is 2.75. The largest absolute Gasteiger partial charge is 0.465 e. The molecule has 1 aromatic heterocycles. The number of methoxy groups -OCH3 is 1. The van der Waals surface area contributed by atoms with E-state index in [1.807, 2.05) is 0 Å². The summed E-state index contributed by atoms with van der Waals surface area (Å²) in [5.41, 5.74) is 6.31. The fraction of sp³-hybridized carbons (Fsp3) is 0.167. The second-order valence-electron chi connectivity index (χ2n) is 3.73. The molecule has 5 nitrogen and oxygen atoms in total. The highest BCUT2D eigenvalue weighted by atomic mass is 19.1. The molecule has 6 heteroatoms. The number of benzene rings is 1. The van der Waals surface area contributed by atoms with Crippen LogP contribution in [-0.2, 0) is 4.74 Å². The van der Waals surface area contributed by atoms with Crippen LogP contribution in [0.3, 0.4) is 0 Å². The van der Waals surface area contributed by atoms with Crippen molar-refractivity contribution in [3.63, 3.8) is 0 Å². The van der Waals surface area contributed by atoms with Crippen molar-refractivity contribution in [3.8, 4) is 5.69 Å². The number of rotatable bonds is 2. The molecule has 0 spiro atoms. The van der Waals surface area contributed by atoms with Crippen LogP contribution in [0.15, 0.2) is 24.5 Å². The molecular weight excluding hydrogens is 237 g/mol. The summed E-state index contributed by atoms with van der Waals surface area (Å²) in [5, 5.41) is 0. The number of hydrogen-bond acceptors (Lipinski definition) is 4. The fourth-order valence-electron chi connectivity index (χ4n) is 1.68. The third-order valence-corrected chi connectivity index (χ3v) is 2.61. The first kappa shape index (κ1) is 12.1. The molecule has 1 heterocycles. The highest BCUT2D eigenvalue weighted by Gasteiger charge is 2.16. The third-order valence-electron chi connectivity index (χ3n) is 2.61. The number of aromatic nitrogens is 2. The van der Waals surface area contributed by atoms with E-state index in [0.717, 1.165) is 6.07 Å². The number of carbonyl (C=O) groups is 1. The molecule has 0 atom stereocenters. The fourth-order valence-corrected chi connectivity index (χ4v) is 1.68. The zero-order valence-electron chi connectivity index (χ0n) is 9.98. The second-order valence-corrected chi connectivity index (χ2v) is 3.73. The summed E-state index contributed by atoms with van der Waals surface area (Å²) >= 11 is 0. The number of imidazole rings is 1. The first-order valence-corrected chi connectivity index (χ1v) is 5.22. The number of halogens is 1. The molecule has 18 heavy (non-hydrogen) atoms. The number of aryl methyl sites for hydroxylation is 1. The molecule has 94 valence electrons. The zero-order valence-corrected chi connectivity index (χ0v) is 9.98. The Morgan fingerprint density at radius 2 is 2.22 bits per heavy atom. The standard InChI is InChI=1S/C12H12FN3O2/c1-7-15-3-4-16(7)11-5-8(12(17)18-2)9(13)6-10(11)14/h3-6H,14H2,1-2H3. The van der Waals surface area contributed by atoms with E-state index in [1.54, 1.807) is 23.9 Å². The summed E-state index contributed by atoms with van der Waals surface area (Å²) in [6, 6.07) is 2.45. The van der Waals surface area contributed by atoms with E-state index in [9.17, 15) is 9.18 Å². The predicted molar refractivity (Wildman–Crippen MR) is 64.0 cm³/mol. The van der Waals surface area contributed by atoms with Gasteiger partial charge in [-0.1, -0.05) is 0 Å². The van der Waals surface area contributed by atoms with Gasteiger partial charge in [0.25, 0.3) is 0 Å². The van der Waals surface area contributed by atoms with Crippen molar-refractivity contribution in [2.75, 3.05) is 12.8 Å². The Kier molecular flexibility index (Phi) is 3.01. The van der Waals surface area contributed by atoms with Crippen LogP contribution in [0.1, 0.15) is 16.2 Å². The Balaban J connectivity index is 2.62. The minimum atomic E-state index is -0.744. The van der Waals surface area contributed by atoms with Crippen molar-refractivity contribution in [1.82, 2.24) is 9.55 Å². The highest BCUT2D eigenvalue weighted by molar-refractivity contribution is 5.91. The van der Waals surface area contributed by atoms with Crippen molar-refractivity contribution in [2.24, 2.45) is 0 Å². The number of esters is 1. The van der Waals surface area contributed by atoms with Gasteiger partial charge in [-0.2, -0.15) is 0 Å². The van der Waals surface area contributed by atoms with E-state index >= 15 is 0 Å². The van der Waals surface area contributed by atoms with Crippen molar-refractivity contribution in [1.29, 1.82) is 0 Å². The molecule has 2 rings (SSSR count). The minimum Gasteiger partial charge on any atom is -0.465 e. The van der Waals surface area contributed by atoms with E-state index in [1.165, 1.54) is 13.2 Å². The van der Waals surface area contributed by atoms with Crippen LogP contribution in [0.25, 0.3) is 5.69 Å². The zero-order chi connectivity index (χ0) is 13.3. The SMILES string of the molecule is COC(=O)c1cc(-n2ccnc2C)c(N)cc1F. The molecular formula is C12H12FN3O2. The first-order valence-electron chi connectivity index (χ1n) is 5.22. The maximum atomic E-state index is 13.6. The molecule has 0 saturated carbocycles. The monoisotopic (exact) mass is 249 g/mol. The summed E-state index contributed by atoms with van der Waals surface area (Å²) in [5.74, 6) is -0.767. The topological polar surface area (TPSA) is 70.1 Å². The Morgan fingerprint density at radius 1 is 1.50 bits per heavy atom. The number of nitrogens with zero attached hydrogens (tertiary/aromatic N) is 2. The maximum absolute atomic E-state index is 13.6. The van der Waals surface area contributed by atoms with Crippen molar-refractivity contribution >= 4 is 11.7 Å². The molecule has 0 radical (unpaired) electrons. The van der Waals surface area contributed by atoms with Crippen LogP contribution in [0.2, 0.25) is 0 Å². The number of nitrogens with two attached hydrogens (primary N) is 1. The summed E-state index contributed by atoms with van der Waals surface area (Å²) in [6.07, 6.45) is 3.27. The van der Waals surface area contributed by atoms with E-state index in [2.05, 4.69) is 9.72 Å². The maximum Gasteiger partial charge on any atom is 0.340 e. The summed E-state index contributed by atoms with van der Waals surface area (Å²) in [7, 11) is 1.19. The molecule has 0 amide bonds. The molecule has 0 fully saturated rings. The van der Waals surface area contributed by atoms with Crippen LogP contribution >= 0.6 is 0 Å². The predicted octanol–water partition coefficient (Wildman–Crippen LogP) is 1.69. The molecule has 0 aliphatic rings. The average molecular weight is 249 g/mol. The number of hydrogen-bond donors (Lipinski definition) is 1. The van der Waals surface area contributed by atoms with Gasteiger partial charge in [-0.15, -0.1) is 0 Å². The first-order chi connectivity index (χ1) is 8.54. The van der Waals surface area contributed by atoms with Gasteiger partial charge in [-0.05, 0) is 19.1 Å². The molecule has 0 aliphatic heterocycles. The van der Waals surface area contributed by atoms with Gasteiger partial charge in [0.05, 0.1) is 24.0 Å². The third kappa shape index (κ3) is 1.92. The van der Waals surface area contributed by atoms with E-state index in [0.29, 0.717) is 11.5 Å². The van der Waals surface area contributed by atoms with Gasteiger partial charge in [-0.3, -0.25) is 0 Å². The van der Waals surface area contributed by atoms with E-state index < -0.39 is 11.8 Å². The lowest BCUT2D eigenvalue weighted by Crippen LogP contribution is -2.09. The number of carbonyl (C=O) groups excluding carboxylic acids is 1. The Labute approximate surface area is 103 Å². The van der Waals surface area contributed by atoms with Gasteiger partial charge in [0.2, 0.25) is 0 Å². The normalized spacial score (nSPS) is 10.4. The molecule has 1 aromatic carbocycles. The number of anilines is 1. The molecule has 0 bridgehead atoms. The van der Waals surface area contributed by atoms with E-state index in [-0.39, 0.29) is 11.3 Å². The highest BCUT2D eigenvalue weighted by Crippen LogP contribution is 2.23. The Bertz CT molecular complexity index is 607. The van der Waals surface area contributed by atoms with Gasteiger partial charge in [-0.25, -0.2) is 14.2 Å². The Morgan fingerprint density at radius 3 is 2.78 bits per heavy atom. The summed E-state index contributed by atoms with van der Waals surface area (Å²) in [4.78, 5) is 15.5. The quantitative estimate of drug-likeness (QED) is 0.649. The molecule has 0 saturated heterocycles. The lowest BCUT2D eigenvalue weighted by molar-refractivity contribution is 0.0595. The summed E-state index contributed by atoms with van der Waals surface area (Å²) < 4.78 is 19.8. The van der Waals surface area contributed by atoms with Gasteiger partial charge < -0.3 is 15.0 Å². The Hall–Kier alpha value is -2.37. The summed E-state index contributed by atoms with van der Waals surface area (Å²) in [6.45, 7) is 1.78.